The number of nitrogens with zero attached hydrogens (tertiary/aromatic N) is 4. The molecule has 4 rings (SSSR count). The van der Waals surface area contributed by atoms with Gasteiger partial charge in [0, 0.05) is 30.6 Å². The lowest BCUT2D eigenvalue weighted by atomic mass is 9.94. The number of hydrogen-bond acceptors (Lipinski definition) is 5. The third kappa shape index (κ3) is 4.07. The van der Waals surface area contributed by atoms with Crippen LogP contribution in [0.3, 0.4) is 0 Å². The molecule has 0 radical (unpaired) electrons. The van der Waals surface area contributed by atoms with Gasteiger partial charge in [0.1, 0.15) is 11.4 Å². The molecule has 1 atom stereocenters. The summed E-state index contributed by atoms with van der Waals surface area (Å²) in [6.45, 7) is 3.12. The summed E-state index contributed by atoms with van der Waals surface area (Å²) in [6.07, 6.45) is -1.58. The first kappa shape index (κ1) is 19.3. The number of anilines is 1. The topological polar surface area (TPSA) is 51.1 Å². The number of morpholine rings is 1. The van der Waals surface area contributed by atoms with Crippen LogP contribution in [0, 0.1) is 0 Å². The minimum Gasteiger partial charge on any atom is -0.367 e. The van der Waals surface area contributed by atoms with Crippen LogP contribution < -0.4 is 4.90 Å². The van der Waals surface area contributed by atoms with Gasteiger partial charge < -0.3 is 9.64 Å². The quantitative estimate of drug-likeness (QED) is 0.656. The number of hydrogen-bond donors (Lipinski definition) is 0. The van der Waals surface area contributed by atoms with Gasteiger partial charge in [0.05, 0.1) is 13.2 Å². The normalized spacial score (nSPS) is 19.9. The number of rotatable bonds is 3. The third-order valence-corrected chi connectivity index (χ3v) is 4.92. The highest BCUT2D eigenvalue weighted by Gasteiger charge is 2.37. The molecule has 1 saturated heterocycles. The Balaban J connectivity index is 1.74. The van der Waals surface area contributed by atoms with E-state index in [4.69, 9.17) is 4.74 Å². The Morgan fingerprint density at radius 2 is 1.76 bits per heavy atom. The number of aromatic nitrogens is 3. The van der Waals surface area contributed by atoms with E-state index in [0.717, 1.165) is 11.6 Å². The molecule has 1 aliphatic heterocycles. The Kier molecular flexibility index (Phi) is 4.96. The Labute approximate surface area is 166 Å². The first-order valence-corrected chi connectivity index (χ1v) is 9.16. The molecule has 0 bridgehead atoms. The van der Waals surface area contributed by atoms with Crippen molar-refractivity contribution in [1.82, 2.24) is 15.0 Å². The van der Waals surface area contributed by atoms with E-state index in [1.54, 1.807) is 12.1 Å². The van der Waals surface area contributed by atoms with Crippen LogP contribution in [0.1, 0.15) is 18.2 Å². The summed E-state index contributed by atoms with van der Waals surface area (Å²) in [5, 5.41) is 0. The average molecular weight is 400 g/mol. The first-order chi connectivity index (χ1) is 13.9. The second-order valence-corrected chi connectivity index (χ2v) is 7.04. The van der Waals surface area contributed by atoms with Gasteiger partial charge in [-0.25, -0.2) is 9.97 Å². The van der Waals surface area contributed by atoms with Crippen molar-refractivity contribution in [2.75, 3.05) is 24.6 Å². The van der Waals surface area contributed by atoms with E-state index in [1.807, 2.05) is 42.2 Å². The van der Waals surface area contributed by atoms with Crippen LogP contribution in [0.25, 0.3) is 11.4 Å². The maximum absolute atomic E-state index is 13.5. The van der Waals surface area contributed by atoms with Gasteiger partial charge in [-0.15, -0.1) is 0 Å². The van der Waals surface area contributed by atoms with Crippen molar-refractivity contribution < 1.29 is 17.9 Å². The summed E-state index contributed by atoms with van der Waals surface area (Å²) in [4.78, 5) is 13.9. The lowest BCUT2D eigenvalue weighted by Crippen LogP contribution is -2.48. The zero-order chi connectivity index (χ0) is 20.5. The summed E-state index contributed by atoms with van der Waals surface area (Å²) in [5.41, 5.74) is -0.183. The fourth-order valence-electron chi connectivity index (χ4n) is 3.40. The maximum atomic E-state index is 13.5. The van der Waals surface area contributed by atoms with Gasteiger partial charge in [-0.3, -0.25) is 4.98 Å². The molecular weight excluding hydrogens is 381 g/mol. The summed E-state index contributed by atoms with van der Waals surface area (Å²) in [6, 6.07) is 13.8. The molecule has 3 heterocycles. The standard InChI is InChI=1S/C21H19F3N4O/c1-20(16-5-3-2-4-6-16)14-28(11-12-29-20)18-13-17(21(22,23)24)26-19(27-18)15-7-9-25-10-8-15/h2-10,13H,11-12,14H2,1H3. The number of benzene rings is 1. The zero-order valence-electron chi connectivity index (χ0n) is 15.7. The van der Waals surface area contributed by atoms with Gasteiger partial charge in [-0.05, 0) is 24.6 Å². The van der Waals surface area contributed by atoms with E-state index in [0.29, 0.717) is 25.3 Å². The van der Waals surface area contributed by atoms with E-state index in [1.165, 1.54) is 12.4 Å². The van der Waals surface area contributed by atoms with Crippen LogP contribution >= 0.6 is 0 Å². The van der Waals surface area contributed by atoms with Crippen molar-refractivity contribution in [3.05, 3.63) is 72.2 Å². The van der Waals surface area contributed by atoms with Crippen molar-refractivity contribution in [2.24, 2.45) is 0 Å². The van der Waals surface area contributed by atoms with Crippen molar-refractivity contribution in [3.63, 3.8) is 0 Å². The second-order valence-electron chi connectivity index (χ2n) is 7.04. The van der Waals surface area contributed by atoms with Crippen LogP contribution in [0.2, 0.25) is 0 Å². The van der Waals surface area contributed by atoms with E-state index in [2.05, 4.69) is 15.0 Å². The van der Waals surface area contributed by atoms with Crippen molar-refractivity contribution >= 4 is 5.82 Å². The highest BCUT2D eigenvalue weighted by molar-refractivity contribution is 5.58. The molecule has 1 aromatic carbocycles. The Hall–Kier alpha value is -3.00. The lowest BCUT2D eigenvalue weighted by molar-refractivity contribution is -0.141. The summed E-state index contributed by atoms with van der Waals surface area (Å²) < 4.78 is 46.5. The van der Waals surface area contributed by atoms with Crippen LogP contribution in [0.15, 0.2) is 60.9 Å². The number of pyridine rings is 1. The molecule has 0 aliphatic carbocycles. The smallest absolute Gasteiger partial charge is 0.367 e. The fourth-order valence-corrected chi connectivity index (χ4v) is 3.40. The molecule has 150 valence electrons. The second kappa shape index (κ2) is 7.44. The van der Waals surface area contributed by atoms with E-state index in [-0.39, 0.29) is 11.6 Å². The summed E-state index contributed by atoms with van der Waals surface area (Å²) >= 11 is 0. The van der Waals surface area contributed by atoms with E-state index >= 15 is 0 Å². The first-order valence-electron chi connectivity index (χ1n) is 9.16. The van der Waals surface area contributed by atoms with Crippen LogP contribution in [-0.4, -0.2) is 34.6 Å². The van der Waals surface area contributed by atoms with Gasteiger partial charge in [-0.1, -0.05) is 30.3 Å². The molecule has 1 aliphatic rings. The van der Waals surface area contributed by atoms with Crippen LogP contribution in [0.5, 0.6) is 0 Å². The Morgan fingerprint density at radius 1 is 1.03 bits per heavy atom. The fraction of sp³-hybridized carbons (Fsp3) is 0.286. The van der Waals surface area contributed by atoms with Crippen LogP contribution in [0.4, 0.5) is 19.0 Å². The number of ether oxygens (including phenoxy) is 1. The Bertz CT molecular complexity index is 982. The minimum atomic E-state index is -4.57. The number of halogens is 3. The van der Waals surface area contributed by atoms with Gasteiger partial charge in [-0.2, -0.15) is 13.2 Å². The number of alkyl halides is 3. The zero-order valence-corrected chi connectivity index (χ0v) is 15.7. The molecule has 8 heteroatoms. The molecule has 29 heavy (non-hydrogen) atoms. The van der Waals surface area contributed by atoms with Crippen molar-refractivity contribution in [1.29, 1.82) is 0 Å². The third-order valence-electron chi connectivity index (χ3n) is 4.92. The molecule has 0 spiro atoms. The molecule has 5 nitrogen and oxygen atoms in total. The molecule has 3 aromatic rings. The van der Waals surface area contributed by atoms with Crippen molar-refractivity contribution in [3.8, 4) is 11.4 Å². The molecular formula is C21H19F3N4O. The summed E-state index contributed by atoms with van der Waals surface area (Å²) in [5.74, 6) is 0.245. The van der Waals surface area contributed by atoms with Gasteiger partial charge in [0.15, 0.2) is 11.5 Å². The predicted octanol–water partition coefficient (Wildman–Crippen LogP) is 4.31. The van der Waals surface area contributed by atoms with Gasteiger partial charge in [0.2, 0.25) is 0 Å². The van der Waals surface area contributed by atoms with Gasteiger partial charge >= 0.3 is 6.18 Å². The molecule has 2 aromatic heterocycles. The highest BCUT2D eigenvalue weighted by Crippen LogP contribution is 2.35. The van der Waals surface area contributed by atoms with Crippen molar-refractivity contribution in [2.45, 2.75) is 18.7 Å². The lowest BCUT2D eigenvalue weighted by Gasteiger charge is -2.41. The Morgan fingerprint density at radius 3 is 2.45 bits per heavy atom. The molecule has 1 unspecified atom stereocenters. The molecule has 0 amide bonds. The van der Waals surface area contributed by atoms with Gasteiger partial charge in [0.25, 0.3) is 0 Å². The predicted molar refractivity (Wildman–Crippen MR) is 102 cm³/mol. The van der Waals surface area contributed by atoms with E-state index in [9.17, 15) is 13.2 Å². The average Bonchev–Trinajstić information content (AvgIpc) is 2.74. The molecule has 0 N–H and O–H groups in total. The maximum Gasteiger partial charge on any atom is 0.433 e. The van der Waals surface area contributed by atoms with Crippen LogP contribution in [-0.2, 0) is 16.5 Å². The SMILES string of the molecule is CC1(c2ccccc2)CN(c2cc(C(F)(F)F)nc(-c3ccncc3)n2)CCO1. The highest BCUT2D eigenvalue weighted by atomic mass is 19.4. The minimum absolute atomic E-state index is 0.0186. The molecule has 1 fully saturated rings. The monoisotopic (exact) mass is 400 g/mol. The molecule has 0 saturated carbocycles. The largest absolute Gasteiger partial charge is 0.433 e. The van der Waals surface area contributed by atoms with E-state index < -0.39 is 17.5 Å². The summed E-state index contributed by atoms with van der Waals surface area (Å²) in [7, 11) is 0.